The van der Waals surface area contributed by atoms with Gasteiger partial charge in [0.05, 0.1) is 13.3 Å². The molecule has 1 aromatic carbocycles. The van der Waals surface area contributed by atoms with Crippen LogP contribution in [0, 0.1) is 0 Å². The summed E-state index contributed by atoms with van der Waals surface area (Å²) < 4.78 is 8.75. The summed E-state index contributed by atoms with van der Waals surface area (Å²) in [4.78, 5) is 12.0. The molecule has 0 unspecified atom stereocenters. The van der Waals surface area contributed by atoms with E-state index >= 15 is 0 Å². The fraction of sp³-hybridized carbons (Fsp3) is 0.100. The van der Waals surface area contributed by atoms with Gasteiger partial charge in [-0.3, -0.25) is 4.79 Å². The SMILES string of the molecule is COc1cccc(N)c1C(=O)Nc1cnns1. The Morgan fingerprint density at radius 3 is 3.00 bits per heavy atom. The van der Waals surface area contributed by atoms with E-state index in [2.05, 4.69) is 14.9 Å². The largest absolute Gasteiger partial charge is 0.496 e. The van der Waals surface area contributed by atoms with Gasteiger partial charge in [-0.2, -0.15) is 0 Å². The number of hydrogen-bond acceptors (Lipinski definition) is 6. The van der Waals surface area contributed by atoms with E-state index in [0.717, 1.165) is 11.5 Å². The summed E-state index contributed by atoms with van der Waals surface area (Å²) in [6.45, 7) is 0. The number of nitrogen functional groups attached to an aromatic ring is 1. The first kappa shape index (κ1) is 11.3. The maximum absolute atomic E-state index is 12.0. The van der Waals surface area contributed by atoms with Crippen molar-refractivity contribution in [2.45, 2.75) is 0 Å². The van der Waals surface area contributed by atoms with Gasteiger partial charge in [-0.05, 0) is 12.1 Å². The van der Waals surface area contributed by atoms with Gasteiger partial charge >= 0.3 is 0 Å². The zero-order chi connectivity index (χ0) is 12.3. The molecule has 3 N–H and O–H groups in total. The van der Waals surface area contributed by atoms with Crippen LogP contribution in [0.15, 0.2) is 24.4 Å². The second-order valence-electron chi connectivity index (χ2n) is 3.16. The van der Waals surface area contributed by atoms with E-state index in [1.54, 1.807) is 18.2 Å². The fourth-order valence-electron chi connectivity index (χ4n) is 1.36. The number of anilines is 2. The van der Waals surface area contributed by atoms with Crippen LogP contribution in [0.5, 0.6) is 5.75 Å². The highest BCUT2D eigenvalue weighted by Gasteiger charge is 2.16. The van der Waals surface area contributed by atoms with Gasteiger partial charge in [-0.15, -0.1) is 5.10 Å². The van der Waals surface area contributed by atoms with E-state index in [4.69, 9.17) is 10.5 Å². The molecule has 7 heteroatoms. The third-order valence-corrected chi connectivity index (χ3v) is 2.68. The number of nitrogens with zero attached hydrogens (tertiary/aromatic N) is 2. The molecule has 0 bridgehead atoms. The number of benzene rings is 1. The van der Waals surface area contributed by atoms with Crippen LogP contribution in [-0.2, 0) is 0 Å². The smallest absolute Gasteiger partial charge is 0.262 e. The van der Waals surface area contributed by atoms with Crippen molar-refractivity contribution in [2.24, 2.45) is 0 Å². The molecule has 1 aromatic heterocycles. The maximum Gasteiger partial charge on any atom is 0.262 e. The fourth-order valence-corrected chi connectivity index (χ4v) is 1.77. The summed E-state index contributed by atoms with van der Waals surface area (Å²) in [6.07, 6.45) is 1.47. The van der Waals surface area contributed by atoms with Gasteiger partial charge in [-0.25, -0.2) is 0 Å². The average molecular weight is 250 g/mol. The number of ether oxygens (including phenoxy) is 1. The van der Waals surface area contributed by atoms with Gasteiger partial charge in [0.2, 0.25) is 0 Å². The lowest BCUT2D eigenvalue weighted by Crippen LogP contribution is -2.14. The van der Waals surface area contributed by atoms with Crippen LogP contribution in [0.2, 0.25) is 0 Å². The van der Waals surface area contributed by atoms with Crippen molar-refractivity contribution in [3.63, 3.8) is 0 Å². The normalized spacial score (nSPS) is 9.94. The number of rotatable bonds is 3. The molecule has 2 aromatic rings. The van der Waals surface area contributed by atoms with Crippen molar-refractivity contribution in [2.75, 3.05) is 18.2 Å². The minimum Gasteiger partial charge on any atom is -0.496 e. The van der Waals surface area contributed by atoms with Gasteiger partial charge < -0.3 is 15.8 Å². The van der Waals surface area contributed by atoms with Crippen LogP contribution in [0.1, 0.15) is 10.4 Å². The summed E-state index contributed by atoms with van der Waals surface area (Å²) in [5.74, 6) is 0.0889. The number of amides is 1. The molecule has 1 amide bonds. The van der Waals surface area contributed by atoms with E-state index in [1.807, 2.05) is 0 Å². The first-order chi connectivity index (χ1) is 8.22. The highest BCUT2D eigenvalue weighted by atomic mass is 32.1. The molecule has 0 atom stereocenters. The lowest BCUT2D eigenvalue weighted by Gasteiger charge is -2.09. The number of carbonyl (C=O) groups excluding carboxylic acids is 1. The van der Waals surface area contributed by atoms with Gasteiger partial charge in [0.15, 0.2) is 0 Å². The summed E-state index contributed by atoms with van der Waals surface area (Å²) >= 11 is 1.09. The molecule has 0 radical (unpaired) electrons. The van der Waals surface area contributed by atoms with E-state index in [9.17, 15) is 4.79 Å². The molecule has 0 spiro atoms. The molecule has 0 saturated heterocycles. The quantitative estimate of drug-likeness (QED) is 0.803. The zero-order valence-corrected chi connectivity index (χ0v) is 9.82. The Morgan fingerprint density at radius 1 is 1.53 bits per heavy atom. The van der Waals surface area contributed by atoms with Crippen LogP contribution >= 0.6 is 11.5 Å². The Labute approximate surface area is 102 Å². The third-order valence-electron chi connectivity index (χ3n) is 2.10. The van der Waals surface area contributed by atoms with Crippen molar-refractivity contribution < 1.29 is 9.53 Å². The lowest BCUT2D eigenvalue weighted by atomic mass is 10.1. The molecular formula is C10H10N4O2S. The summed E-state index contributed by atoms with van der Waals surface area (Å²) in [5, 5.41) is 6.83. The molecule has 2 rings (SSSR count). The van der Waals surface area contributed by atoms with Crippen molar-refractivity contribution in [1.82, 2.24) is 9.59 Å². The maximum atomic E-state index is 12.0. The van der Waals surface area contributed by atoms with Crippen molar-refractivity contribution in [3.8, 4) is 5.75 Å². The molecule has 6 nitrogen and oxygen atoms in total. The number of nitrogens with one attached hydrogen (secondary N) is 1. The lowest BCUT2D eigenvalue weighted by molar-refractivity contribution is 0.102. The molecular weight excluding hydrogens is 240 g/mol. The monoisotopic (exact) mass is 250 g/mol. The van der Waals surface area contributed by atoms with E-state index < -0.39 is 0 Å². The second-order valence-corrected chi connectivity index (χ2v) is 3.95. The van der Waals surface area contributed by atoms with E-state index in [0.29, 0.717) is 22.0 Å². The number of aromatic nitrogens is 2. The molecule has 88 valence electrons. The standard InChI is InChI=1S/C10H10N4O2S/c1-16-7-4-2-3-6(11)9(7)10(15)13-8-5-12-14-17-8/h2-5H,11H2,1H3,(H,13,15). The van der Waals surface area contributed by atoms with Crippen molar-refractivity contribution in [1.29, 1.82) is 0 Å². The van der Waals surface area contributed by atoms with Crippen molar-refractivity contribution in [3.05, 3.63) is 30.0 Å². The third kappa shape index (κ3) is 2.34. The molecule has 0 aliphatic rings. The Morgan fingerprint density at radius 2 is 2.35 bits per heavy atom. The van der Waals surface area contributed by atoms with Gasteiger partial charge in [0, 0.05) is 17.2 Å². The predicted octanol–water partition coefficient (Wildman–Crippen LogP) is 1.38. The summed E-state index contributed by atoms with van der Waals surface area (Å²) in [5.41, 5.74) is 6.43. The van der Waals surface area contributed by atoms with Gasteiger partial charge in [0.25, 0.3) is 5.91 Å². The molecule has 0 saturated carbocycles. The number of methoxy groups -OCH3 is 1. The number of carbonyl (C=O) groups is 1. The van der Waals surface area contributed by atoms with Crippen molar-refractivity contribution >= 4 is 28.1 Å². The van der Waals surface area contributed by atoms with Crippen LogP contribution in [0.25, 0.3) is 0 Å². The first-order valence-electron chi connectivity index (χ1n) is 4.73. The Hall–Kier alpha value is -2.15. The number of hydrogen-bond donors (Lipinski definition) is 2. The minimum atomic E-state index is -0.342. The Kier molecular flexibility index (Phi) is 3.20. The highest BCUT2D eigenvalue weighted by molar-refractivity contribution is 7.10. The highest BCUT2D eigenvalue weighted by Crippen LogP contribution is 2.25. The number of nitrogens with two attached hydrogens (primary N) is 1. The first-order valence-corrected chi connectivity index (χ1v) is 5.51. The molecule has 0 fully saturated rings. The summed E-state index contributed by atoms with van der Waals surface area (Å²) in [6, 6.07) is 5.04. The summed E-state index contributed by atoms with van der Waals surface area (Å²) in [7, 11) is 1.49. The topological polar surface area (TPSA) is 90.1 Å². The zero-order valence-electron chi connectivity index (χ0n) is 9.01. The van der Waals surface area contributed by atoms with Crippen LogP contribution in [0.4, 0.5) is 10.7 Å². The molecule has 0 aliphatic heterocycles. The van der Waals surface area contributed by atoms with Gasteiger partial charge in [0.1, 0.15) is 16.3 Å². The molecule has 17 heavy (non-hydrogen) atoms. The Balaban J connectivity index is 2.30. The predicted molar refractivity (Wildman–Crippen MR) is 65.3 cm³/mol. The van der Waals surface area contributed by atoms with Gasteiger partial charge in [-0.1, -0.05) is 10.6 Å². The van der Waals surface area contributed by atoms with Crippen LogP contribution < -0.4 is 15.8 Å². The average Bonchev–Trinajstić information content (AvgIpc) is 2.81. The minimum absolute atomic E-state index is 0.309. The van der Waals surface area contributed by atoms with E-state index in [-0.39, 0.29) is 5.91 Å². The van der Waals surface area contributed by atoms with Crippen LogP contribution in [0.3, 0.4) is 0 Å². The Bertz CT molecular complexity index is 527. The molecule has 0 aliphatic carbocycles. The van der Waals surface area contributed by atoms with E-state index in [1.165, 1.54) is 13.3 Å². The second kappa shape index (κ2) is 4.79. The molecule has 1 heterocycles. The van der Waals surface area contributed by atoms with Crippen LogP contribution in [-0.4, -0.2) is 22.6 Å².